The minimum absolute atomic E-state index is 0.268. The molecule has 51 heavy (non-hydrogen) atoms. The Hall–Kier alpha value is -4.65. The number of hydrogen-bond acceptors (Lipinski definition) is 13. The van der Waals surface area contributed by atoms with Crippen molar-refractivity contribution in [3.8, 4) is 28.8 Å². The van der Waals surface area contributed by atoms with Crippen LogP contribution in [-0.4, -0.2) is 102 Å². The zero-order valence-corrected chi connectivity index (χ0v) is 30.4. The van der Waals surface area contributed by atoms with E-state index in [1.54, 1.807) is 30.3 Å². The van der Waals surface area contributed by atoms with Gasteiger partial charge in [0.25, 0.3) is 5.88 Å². The van der Waals surface area contributed by atoms with Crippen LogP contribution in [0.25, 0.3) is 11.1 Å². The van der Waals surface area contributed by atoms with Crippen molar-refractivity contribution in [3.63, 3.8) is 0 Å². The van der Waals surface area contributed by atoms with Crippen molar-refractivity contribution >= 4 is 11.6 Å². The molecular weight excluding hydrogens is 650 g/mol. The van der Waals surface area contributed by atoms with E-state index in [2.05, 4.69) is 55.6 Å². The first-order valence-corrected chi connectivity index (χ1v) is 17.8. The van der Waals surface area contributed by atoms with Gasteiger partial charge < -0.3 is 24.3 Å². The van der Waals surface area contributed by atoms with E-state index in [-0.39, 0.29) is 30.0 Å². The number of anilines is 2. The molecule has 3 atom stereocenters. The minimum atomic E-state index is -0.314. The first-order valence-electron chi connectivity index (χ1n) is 17.8. The molecular formula is C36H49N11O4. The van der Waals surface area contributed by atoms with Crippen LogP contribution in [0.15, 0.2) is 43.1 Å². The normalized spacial score (nSPS) is 21.9. The van der Waals surface area contributed by atoms with Crippen molar-refractivity contribution in [2.75, 3.05) is 32.1 Å². The summed E-state index contributed by atoms with van der Waals surface area (Å²) in [5, 5.41) is 29.2. The number of ether oxygens (including phenoxy) is 4. The molecule has 2 fully saturated rings. The van der Waals surface area contributed by atoms with Crippen LogP contribution < -0.4 is 14.8 Å². The van der Waals surface area contributed by atoms with Crippen molar-refractivity contribution in [2.45, 2.75) is 109 Å². The average molecular weight is 700 g/mol. The van der Waals surface area contributed by atoms with Crippen LogP contribution in [0.1, 0.15) is 78.3 Å². The molecule has 4 aromatic rings. The van der Waals surface area contributed by atoms with Gasteiger partial charge in [-0.2, -0.15) is 5.26 Å². The molecule has 0 amide bonds. The number of nitrogens with one attached hydrogen (secondary N) is 1. The van der Waals surface area contributed by atoms with Gasteiger partial charge in [0.1, 0.15) is 29.9 Å². The molecule has 4 heterocycles. The van der Waals surface area contributed by atoms with Crippen LogP contribution in [0.3, 0.4) is 0 Å². The average Bonchev–Trinajstić information content (AvgIpc) is 3.78. The van der Waals surface area contributed by atoms with Gasteiger partial charge in [-0.15, -0.1) is 10.2 Å². The van der Waals surface area contributed by atoms with Gasteiger partial charge in [0.15, 0.2) is 0 Å². The summed E-state index contributed by atoms with van der Waals surface area (Å²) in [6.45, 7) is 13.2. The number of rotatable bonds is 14. The summed E-state index contributed by atoms with van der Waals surface area (Å²) in [4.78, 5) is 11.9. The summed E-state index contributed by atoms with van der Waals surface area (Å²) < 4.78 is 27.6. The lowest BCUT2D eigenvalue weighted by Crippen LogP contribution is -2.51. The lowest BCUT2D eigenvalue weighted by atomic mass is 9.89. The fraction of sp³-hybridized carbons (Fsp3) is 0.583. The predicted octanol–water partition coefficient (Wildman–Crippen LogP) is 5.20. The highest BCUT2D eigenvalue weighted by molar-refractivity contribution is 5.67. The van der Waals surface area contributed by atoms with E-state index in [1.807, 2.05) is 43.8 Å². The third kappa shape index (κ3) is 9.37. The van der Waals surface area contributed by atoms with Crippen molar-refractivity contribution in [2.24, 2.45) is 0 Å². The molecule has 0 spiro atoms. The molecule has 6 rings (SSSR count). The Morgan fingerprint density at radius 1 is 1.06 bits per heavy atom. The minimum Gasteiger partial charge on any atom is -0.487 e. The number of aromatic nitrogens is 8. The summed E-state index contributed by atoms with van der Waals surface area (Å²) >= 11 is 0. The van der Waals surface area contributed by atoms with Gasteiger partial charge in [0.2, 0.25) is 5.95 Å². The monoisotopic (exact) mass is 699 g/mol. The topological polar surface area (TPSA) is 163 Å². The van der Waals surface area contributed by atoms with Gasteiger partial charge in [0, 0.05) is 50.6 Å². The van der Waals surface area contributed by atoms with Gasteiger partial charge in [0.05, 0.1) is 48.8 Å². The van der Waals surface area contributed by atoms with Gasteiger partial charge >= 0.3 is 0 Å². The Kier molecular flexibility index (Phi) is 11.4. The molecule has 1 saturated heterocycles. The Morgan fingerprint density at radius 2 is 1.78 bits per heavy atom. The highest BCUT2D eigenvalue weighted by atomic mass is 16.5. The zero-order valence-electron chi connectivity index (χ0n) is 30.4. The molecule has 1 aromatic carbocycles. The Balaban J connectivity index is 1.14. The molecule has 2 aliphatic rings. The van der Waals surface area contributed by atoms with Crippen LogP contribution in [0.4, 0.5) is 11.6 Å². The molecule has 1 aliphatic heterocycles. The number of tetrazole rings is 1. The summed E-state index contributed by atoms with van der Waals surface area (Å²) in [7, 11) is 1.71. The summed E-state index contributed by atoms with van der Waals surface area (Å²) in [5.41, 5.74) is 2.42. The fourth-order valence-electron chi connectivity index (χ4n) is 6.79. The quantitative estimate of drug-likeness (QED) is 0.183. The van der Waals surface area contributed by atoms with Crippen LogP contribution in [0.2, 0.25) is 0 Å². The molecule has 3 aromatic heterocycles. The van der Waals surface area contributed by atoms with Crippen LogP contribution in [0, 0.1) is 11.3 Å². The molecule has 1 saturated carbocycles. The van der Waals surface area contributed by atoms with Crippen molar-refractivity contribution in [3.05, 3.63) is 48.7 Å². The van der Waals surface area contributed by atoms with Crippen LogP contribution >= 0.6 is 0 Å². The molecule has 15 heteroatoms. The maximum Gasteiger partial charge on any atom is 0.256 e. The van der Waals surface area contributed by atoms with E-state index in [0.717, 1.165) is 49.9 Å². The van der Waals surface area contributed by atoms with Gasteiger partial charge in [-0.05, 0) is 88.4 Å². The summed E-state index contributed by atoms with van der Waals surface area (Å²) in [6.07, 6.45) is 12.3. The third-order valence-corrected chi connectivity index (χ3v) is 9.70. The summed E-state index contributed by atoms with van der Waals surface area (Å²) in [6, 6.07) is 8.47. The fourth-order valence-corrected chi connectivity index (χ4v) is 6.79. The van der Waals surface area contributed by atoms with E-state index in [9.17, 15) is 5.26 Å². The summed E-state index contributed by atoms with van der Waals surface area (Å²) in [5.74, 6) is 1.39. The number of benzene rings is 1. The largest absolute Gasteiger partial charge is 0.487 e. The second-order valence-corrected chi connectivity index (χ2v) is 14.3. The molecule has 0 unspecified atom stereocenters. The maximum absolute atomic E-state index is 9.69. The van der Waals surface area contributed by atoms with Crippen molar-refractivity contribution < 1.29 is 18.9 Å². The molecule has 15 nitrogen and oxygen atoms in total. The first kappa shape index (κ1) is 36.2. The third-order valence-electron chi connectivity index (χ3n) is 9.70. The predicted molar refractivity (Wildman–Crippen MR) is 190 cm³/mol. The van der Waals surface area contributed by atoms with E-state index < -0.39 is 0 Å². The van der Waals surface area contributed by atoms with Gasteiger partial charge in [-0.1, -0.05) is 6.07 Å². The second kappa shape index (κ2) is 16.1. The highest BCUT2D eigenvalue weighted by Crippen LogP contribution is 2.36. The number of nitriles is 1. The molecule has 1 aliphatic carbocycles. The van der Waals surface area contributed by atoms with E-state index in [0.29, 0.717) is 54.4 Å². The number of hydrogen-bond donors (Lipinski definition) is 1. The maximum atomic E-state index is 9.69. The van der Waals surface area contributed by atoms with Crippen molar-refractivity contribution in [1.29, 1.82) is 5.26 Å². The number of morpholine rings is 1. The van der Waals surface area contributed by atoms with E-state index in [4.69, 9.17) is 24.0 Å². The van der Waals surface area contributed by atoms with Crippen molar-refractivity contribution in [1.82, 2.24) is 44.9 Å². The zero-order chi connectivity index (χ0) is 36.0. The lowest BCUT2D eigenvalue weighted by Gasteiger charge is -2.42. The standard InChI is InChI=1S/C36H49N11O4/c1-24-19-45(20-25(2)50-24)30-9-11-31(12-10-30)47-22-32(34(42-47)49-14-13-36(4,5)48-6)41-35-38-17-29(18-39-35)27-7-8-28(16-37)33(15-27)51-26(3)21-46-23-40-43-44-46/h7-8,15,17-18,22-26,30-31H,9-14,19-21H2,1-6H3,(H,38,39,41)/t24-,25+,26-,30-,31-/m0/s1. The SMILES string of the molecule is COC(C)(C)CCOc1nn([C@H]2CC[C@H](N3C[C@@H](C)O[C@@H](C)C3)CC2)cc1Nc1ncc(-c2ccc(C#N)c(O[C@@H](C)Cn3cnnn3)c2)cn1. The smallest absolute Gasteiger partial charge is 0.256 e. The number of nitrogens with zero attached hydrogens (tertiary/aromatic N) is 10. The second-order valence-electron chi connectivity index (χ2n) is 14.3. The van der Waals surface area contributed by atoms with Gasteiger partial charge in [-0.25, -0.2) is 14.6 Å². The lowest BCUT2D eigenvalue weighted by molar-refractivity contribution is -0.0852. The molecule has 0 bridgehead atoms. The molecule has 272 valence electrons. The van der Waals surface area contributed by atoms with E-state index in [1.165, 1.54) is 6.33 Å². The molecule has 0 radical (unpaired) electrons. The highest BCUT2D eigenvalue weighted by Gasteiger charge is 2.32. The van der Waals surface area contributed by atoms with Gasteiger partial charge in [-0.3, -0.25) is 9.58 Å². The molecule has 1 N–H and O–H groups in total. The first-order chi connectivity index (χ1) is 24.6. The Morgan fingerprint density at radius 3 is 2.45 bits per heavy atom. The number of methoxy groups -OCH3 is 1. The van der Waals surface area contributed by atoms with Crippen LogP contribution in [0.5, 0.6) is 11.6 Å². The van der Waals surface area contributed by atoms with Crippen LogP contribution in [-0.2, 0) is 16.0 Å². The Labute approximate surface area is 299 Å². The van der Waals surface area contributed by atoms with E-state index >= 15 is 0 Å². The Bertz CT molecular complexity index is 1740.